The van der Waals surface area contributed by atoms with Crippen molar-refractivity contribution in [3.63, 3.8) is 0 Å². The van der Waals surface area contributed by atoms with Gasteiger partial charge < -0.3 is 19.1 Å². The highest BCUT2D eigenvalue weighted by molar-refractivity contribution is 7.08. The van der Waals surface area contributed by atoms with Crippen molar-refractivity contribution in [3.8, 4) is 39.7 Å². The van der Waals surface area contributed by atoms with Crippen molar-refractivity contribution >= 4 is 17.2 Å². The Balaban J connectivity index is 1.55. The zero-order chi connectivity index (χ0) is 26.6. The van der Waals surface area contributed by atoms with Crippen molar-refractivity contribution < 1.29 is 23.1 Å². The molecule has 6 rings (SSSR count). The minimum Gasteiger partial charge on any atom is -0.496 e. The fraction of sp³-hybridized carbons (Fsp3) is 0.320. The van der Waals surface area contributed by atoms with Gasteiger partial charge in [-0.3, -0.25) is 9.48 Å². The van der Waals surface area contributed by atoms with Crippen molar-refractivity contribution in [3.05, 3.63) is 52.5 Å². The lowest BCUT2D eigenvalue weighted by Crippen LogP contribution is -2.38. The summed E-state index contributed by atoms with van der Waals surface area (Å²) in [6.45, 7) is -2.03. The van der Waals surface area contributed by atoms with Crippen molar-refractivity contribution in [2.45, 2.75) is 19.1 Å². The third-order valence-corrected chi connectivity index (χ3v) is 7.02. The van der Waals surface area contributed by atoms with Crippen LogP contribution in [0.15, 0.2) is 41.2 Å². The van der Waals surface area contributed by atoms with E-state index in [1.54, 1.807) is 22.5 Å². The summed E-state index contributed by atoms with van der Waals surface area (Å²) in [4.78, 5) is 14.8. The lowest BCUT2D eigenvalue weighted by molar-refractivity contribution is 0.0702. The van der Waals surface area contributed by atoms with Gasteiger partial charge in [0.05, 0.1) is 36.8 Å². The zero-order valence-corrected chi connectivity index (χ0v) is 20.0. The van der Waals surface area contributed by atoms with Crippen LogP contribution >= 0.6 is 11.3 Å². The molecule has 180 valence electrons. The van der Waals surface area contributed by atoms with Gasteiger partial charge >= 0.3 is 0 Å². The van der Waals surface area contributed by atoms with Crippen LogP contribution in [-0.4, -0.2) is 63.7 Å². The molecular formula is C25H25N5O4S. The Bertz CT molecular complexity index is 1510. The van der Waals surface area contributed by atoms with E-state index in [0.29, 0.717) is 47.0 Å². The van der Waals surface area contributed by atoms with Crippen LogP contribution in [0.2, 0.25) is 0 Å². The maximum absolute atomic E-state index is 13.9. The number of hydrogen-bond donors (Lipinski definition) is 0. The molecule has 0 bridgehead atoms. The summed E-state index contributed by atoms with van der Waals surface area (Å²) in [6, 6.07) is 6.95. The number of carbonyl (C=O) groups excluding carboxylic acids is 1. The number of aryl methyl sites for hydroxylation is 1. The average Bonchev–Trinajstić information content (AvgIpc) is 3.69. The molecule has 2 aliphatic rings. The van der Waals surface area contributed by atoms with Gasteiger partial charge in [0, 0.05) is 59.1 Å². The number of thiophene rings is 1. The molecule has 0 N–H and O–H groups in total. The van der Waals surface area contributed by atoms with Gasteiger partial charge in [0.2, 0.25) is 0 Å². The quantitative estimate of drug-likeness (QED) is 0.420. The molecule has 0 aliphatic carbocycles. The van der Waals surface area contributed by atoms with Crippen LogP contribution in [0.3, 0.4) is 0 Å². The number of methoxy groups -OCH3 is 1. The Labute approximate surface area is 210 Å². The van der Waals surface area contributed by atoms with E-state index in [-0.39, 0.29) is 18.9 Å². The molecule has 9 nitrogen and oxygen atoms in total. The summed E-state index contributed by atoms with van der Waals surface area (Å²) < 4.78 is 44.9. The van der Waals surface area contributed by atoms with Crippen molar-refractivity contribution in [2.24, 2.45) is 7.05 Å². The number of carbonyl (C=O) groups is 1. The first-order valence-corrected chi connectivity index (χ1v) is 12.1. The largest absolute Gasteiger partial charge is 0.496 e. The van der Waals surface area contributed by atoms with Gasteiger partial charge in [-0.15, -0.1) is 0 Å². The number of ether oxygens (including phenoxy) is 3. The molecule has 10 heteroatoms. The highest BCUT2D eigenvalue weighted by Gasteiger charge is 2.34. The predicted octanol–water partition coefficient (Wildman–Crippen LogP) is 3.76. The molecule has 0 radical (unpaired) electrons. The Morgan fingerprint density at radius 3 is 2.91 bits per heavy atom. The van der Waals surface area contributed by atoms with E-state index in [9.17, 15) is 4.79 Å². The van der Waals surface area contributed by atoms with Gasteiger partial charge in [0.25, 0.3) is 5.91 Å². The van der Waals surface area contributed by atoms with Gasteiger partial charge in [-0.25, -0.2) is 4.68 Å². The van der Waals surface area contributed by atoms with Gasteiger partial charge in [0.15, 0.2) is 5.69 Å². The summed E-state index contributed by atoms with van der Waals surface area (Å²) in [5.41, 5.74) is 4.18. The zero-order valence-electron chi connectivity index (χ0n) is 22.2. The first-order valence-electron chi connectivity index (χ1n) is 12.7. The second-order valence-electron chi connectivity index (χ2n) is 8.47. The number of fused-ring (bicyclic) bond motifs is 3. The third-order valence-electron chi connectivity index (χ3n) is 6.34. The summed E-state index contributed by atoms with van der Waals surface area (Å²) >= 11 is 1.50. The molecule has 3 aromatic heterocycles. The van der Waals surface area contributed by atoms with E-state index in [1.165, 1.54) is 11.3 Å². The topological polar surface area (TPSA) is 83.6 Å². The maximum Gasteiger partial charge on any atom is 0.274 e. The molecule has 2 aliphatic heterocycles. The minimum atomic E-state index is -2.65. The van der Waals surface area contributed by atoms with Crippen molar-refractivity contribution in [1.82, 2.24) is 24.5 Å². The van der Waals surface area contributed by atoms with Gasteiger partial charge in [-0.05, 0) is 30.0 Å². The Morgan fingerprint density at radius 2 is 2.23 bits per heavy atom. The summed E-state index contributed by atoms with van der Waals surface area (Å²) in [5, 5.41) is 13.1. The van der Waals surface area contributed by atoms with E-state index in [1.807, 2.05) is 42.2 Å². The lowest BCUT2D eigenvalue weighted by atomic mass is 9.97. The van der Waals surface area contributed by atoms with Crippen LogP contribution in [0.4, 0.5) is 0 Å². The number of benzene rings is 1. The van der Waals surface area contributed by atoms with Gasteiger partial charge in [0.1, 0.15) is 18.1 Å². The molecule has 5 heterocycles. The Hall–Kier alpha value is -3.63. The SMILES string of the molecule is [2H]C([2H])([2H])N(C(=O)c1nn(-c2ccsc2)c2c1COc1cc(OC)c(-c3ccn(C)n3)cc1-2)C1CCOC1. The number of likely N-dealkylation sites (N-methyl/N-ethyl adjacent to an activating group) is 1. The molecule has 1 saturated heterocycles. The second-order valence-corrected chi connectivity index (χ2v) is 9.25. The van der Waals surface area contributed by atoms with Crippen LogP contribution in [0.25, 0.3) is 28.2 Å². The lowest BCUT2D eigenvalue weighted by Gasteiger charge is -2.24. The molecule has 4 aromatic rings. The van der Waals surface area contributed by atoms with Crippen LogP contribution in [0.1, 0.15) is 26.6 Å². The minimum absolute atomic E-state index is 0.0510. The molecule has 0 spiro atoms. The Morgan fingerprint density at radius 1 is 1.31 bits per heavy atom. The third kappa shape index (κ3) is 3.60. The maximum atomic E-state index is 13.9. The highest BCUT2D eigenvalue weighted by atomic mass is 32.1. The summed E-state index contributed by atoms with van der Waals surface area (Å²) in [6.07, 6.45) is 2.29. The predicted molar refractivity (Wildman–Crippen MR) is 131 cm³/mol. The van der Waals surface area contributed by atoms with E-state index < -0.39 is 18.9 Å². The van der Waals surface area contributed by atoms with Crippen LogP contribution in [0, 0.1) is 0 Å². The van der Waals surface area contributed by atoms with E-state index in [0.717, 1.165) is 16.2 Å². The summed E-state index contributed by atoms with van der Waals surface area (Å²) in [5.74, 6) is 0.496. The number of hydrogen-bond acceptors (Lipinski definition) is 7. The fourth-order valence-electron chi connectivity index (χ4n) is 4.55. The monoisotopic (exact) mass is 494 g/mol. The molecule has 1 atom stereocenters. The van der Waals surface area contributed by atoms with E-state index in [2.05, 4.69) is 5.10 Å². The van der Waals surface area contributed by atoms with Gasteiger partial charge in [-0.2, -0.15) is 21.5 Å². The van der Waals surface area contributed by atoms with E-state index >= 15 is 0 Å². The van der Waals surface area contributed by atoms with E-state index in [4.69, 9.17) is 23.4 Å². The van der Waals surface area contributed by atoms with Crippen LogP contribution in [0.5, 0.6) is 11.5 Å². The van der Waals surface area contributed by atoms with Gasteiger partial charge in [-0.1, -0.05) is 0 Å². The number of rotatable bonds is 5. The standard InChI is InChI=1S/C25H25N5O4S/c1-28-7-4-20(26-28)17-10-18-22(11-21(17)32-3)34-13-19-23(25(31)29(2)15-5-8-33-12-15)27-30(24(18)19)16-6-9-35-14-16/h4,6-7,9-11,14-15H,5,8,12-13H2,1-3H3/i2D3. The fourth-order valence-corrected chi connectivity index (χ4v) is 5.16. The second kappa shape index (κ2) is 8.54. The molecule has 1 aromatic carbocycles. The number of amides is 1. The average molecular weight is 495 g/mol. The highest BCUT2D eigenvalue weighted by Crippen LogP contribution is 2.46. The molecular weight excluding hydrogens is 466 g/mol. The number of aromatic nitrogens is 4. The number of nitrogens with zero attached hydrogens (tertiary/aromatic N) is 5. The Kier molecular flexibility index (Phi) is 4.56. The first kappa shape index (κ1) is 18.7. The van der Waals surface area contributed by atoms with Crippen molar-refractivity contribution in [1.29, 1.82) is 0 Å². The molecule has 35 heavy (non-hydrogen) atoms. The normalized spacial score (nSPS) is 18.1. The summed E-state index contributed by atoms with van der Waals surface area (Å²) in [7, 11) is 3.43. The van der Waals surface area contributed by atoms with Crippen LogP contribution < -0.4 is 9.47 Å². The molecule has 1 amide bonds. The molecule has 1 fully saturated rings. The van der Waals surface area contributed by atoms with Crippen molar-refractivity contribution in [2.75, 3.05) is 27.3 Å². The smallest absolute Gasteiger partial charge is 0.274 e. The first-order chi connectivity index (χ1) is 18.3. The molecule has 0 saturated carbocycles. The molecule has 1 unspecified atom stereocenters. The van der Waals surface area contributed by atoms with Crippen LogP contribution in [-0.2, 0) is 18.4 Å².